The molecular weight excluding hydrogens is 314 g/mol. The zero-order chi connectivity index (χ0) is 15.9. The summed E-state index contributed by atoms with van der Waals surface area (Å²) in [7, 11) is 0. The summed E-state index contributed by atoms with van der Waals surface area (Å²) >= 11 is 0. The van der Waals surface area contributed by atoms with Crippen LogP contribution >= 0.6 is 12.4 Å². The Kier molecular flexibility index (Phi) is 8.92. The number of carbonyl (C=O) groups is 2. The second-order valence-corrected chi connectivity index (χ2v) is 7.05. The normalized spacial score (nSPS) is 20.2. The molecule has 134 valence electrons. The Morgan fingerprint density at radius 3 is 2.30 bits per heavy atom. The second-order valence-electron chi connectivity index (χ2n) is 7.05. The maximum absolute atomic E-state index is 12.3. The number of amides is 2. The van der Waals surface area contributed by atoms with E-state index in [1.54, 1.807) is 0 Å². The molecule has 2 saturated heterocycles. The average molecular weight is 346 g/mol. The van der Waals surface area contributed by atoms with Crippen LogP contribution in [0.1, 0.15) is 52.4 Å². The molecule has 0 aromatic rings. The Balaban J connectivity index is 0.00000264. The minimum atomic E-state index is 0. The molecule has 6 heteroatoms. The summed E-state index contributed by atoms with van der Waals surface area (Å²) in [4.78, 5) is 26.0. The molecule has 5 nitrogen and oxygen atoms in total. The summed E-state index contributed by atoms with van der Waals surface area (Å²) in [5, 5.41) is 6.44. The molecule has 2 heterocycles. The molecule has 2 amide bonds. The summed E-state index contributed by atoms with van der Waals surface area (Å²) in [6, 6.07) is 0.239. The molecule has 2 aliphatic rings. The minimum Gasteiger partial charge on any atom is -0.353 e. The van der Waals surface area contributed by atoms with Crippen molar-refractivity contribution in [3.63, 3.8) is 0 Å². The van der Waals surface area contributed by atoms with Crippen molar-refractivity contribution >= 4 is 24.2 Å². The number of halogens is 1. The fraction of sp³-hybridized carbons (Fsp3) is 0.882. The van der Waals surface area contributed by atoms with Crippen LogP contribution in [0.3, 0.4) is 0 Å². The highest BCUT2D eigenvalue weighted by Crippen LogP contribution is 2.19. The molecule has 0 unspecified atom stereocenters. The van der Waals surface area contributed by atoms with E-state index in [-0.39, 0.29) is 30.3 Å². The smallest absolute Gasteiger partial charge is 0.222 e. The first-order chi connectivity index (χ1) is 10.6. The van der Waals surface area contributed by atoms with Crippen LogP contribution in [0.15, 0.2) is 0 Å². The van der Waals surface area contributed by atoms with Gasteiger partial charge in [0.2, 0.25) is 11.8 Å². The van der Waals surface area contributed by atoms with E-state index in [0.29, 0.717) is 18.2 Å². The van der Waals surface area contributed by atoms with E-state index in [1.165, 1.54) is 12.8 Å². The van der Waals surface area contributed by atoms with E-state index in [4.69, 9.17) is 0 Å². The van der Waals surface area contributed by atoms with Gasteiger partial charge in [-0.25, -0.2) is 0 Å². The van der Waals surface area contributed by atoms with Crippen molar-refractivity contribution in [2.24, 2.45) is 11.8 Å². The zero-order valence-corrected chi connectivity index (χ0v) is 15.3. The van der Waals surface area contributed by atoms with Gasteiger partial charge in [0.15, 0.2) is 0 Å². The van der Waals surface area contributed by atoms with Gasteiger partial charge >= 0.3 is 0 Å². The molecule has 0 aliphatic carbocycles. The fourth-order valence-electron chi connectivity index (χ4n) is 3.30. The standard InChI is InChI=1S/C17H31N3O2.ClH/c1-13(2)17(22)19-15-7-11-20(12-8-15)16(21)4-3-14-5-9-18-10-6-14;/h13-15,18H,3-12H2,1-2H3,(H,19,22);1H. The van der Waals surface area contributed by atoms with Crippen LogP contribution in [-0.2, 0) is 9.59 Å². The molecule has 0 aromatic carbocycles. The number of hydrogen-bond acceptors (Lipinski definition) is 3. The van der Waals surface area contributed by atoms with Crippen molar-refractivity contribution in [1.82, 2.24) is 15.5 Å². The minimum absolute atomic E-state index is 0. The van der Waals surface area contributed by atoms with Gasteiger partial charge in [-0.15, -0.1) is 12.4 Å². The summed E-state index contributed by atoms with van der Waals surface area (Å²) < 4.78 is 0. The molecule has 0 atom stereocenters. The highest BCUT2D eigenvalue weighted by atomic mass is 35.5. The molecule has 0 aromatic heterocycles. The van der Waals surface area contributed by atoms with E-state index in [0.717, 1.165) is 45.4 Å². The summed E-state index contributed by atoms with van der Waals surface area (Å²) in [6.45, 7) is 7.59. The first-order valence-electron chi connectivity index (χ1n) is 8.85. The third kappa shape index (κ3) is 6.68. The van der Waals surface area contributed by atoms with Gasteiger partial charge in [0, 0.05) is 31.5 Å². The summed E-state index contributed by atoms with van der Waals surface area (Å²) in [6.07, 6.45) is 5.90. The predicted molar refractivity (Wildman–Crippen MR) is 94.7 cm³/mol. The lowest BCUT2D eigenvalue weighted by Gasteiger charge is -2.33. The summed E-state index contributed by atoms with van der Waals surface area (Å²) in [5.41, 5.74) is 0. The maximum Gasteiger partial charge on any atom is 0.222 e. The fourth-order valence-corrected chi connectivity index (χ4v) is 3.30. The third-order valence-electron chi connectivity index (χ3n) is 4.94. The van der Waals surface area contributed by atoms with Crippen LogP contribution in [0.2, 0.25) is 0 Å². The first-order valence-corrected chi connectivity index (χ1v) is 8.85. The average Bonchev–Trinajstić information content (AvgIpc) is 2.54. The van der Waals surface area contributed by atoms with Gasteiger partial charge in [0.25, 0.3) is 0 Å². The van der Waals surface area contributed by atoms with Gasteiger partial charge in [-0.05, 0) is 51.1 Å². The largest absolute Gasteiger partial charge is 0.353 e. The van der Waals surface area contributed by atoms with E-state index in [2.05, 4.69) is 10.6 Å². The zero-order valence-electron chi connectivity index (χ0n) is 14.5. The number of rotatable bonds is 5. The number of carbonyl (C=O) groups excluding carboxylic acids is 2. The van der Waals surface area contributed by atoms with Gasteiger partial charge in [-0.2, -0.15) is 0 Å². The lowest BCUT2D eigenvalue weighted by molar-refractivity contribution is -0.132. The van der Waals surface area contributed by atoms with Gasteiger partial charge in [0.1, 0.15) is 0 Å². The Morgan fingerprint density at radius 2 is 1.74 bits per heavy atom. The van der Waals surface area contributed by atoms with E-state index in [1.807, 2.05) is 18.7 Å². The molecule has 0 radical (unpaired) electrons. The van der Waals surface area contributed by atoms with Crippen LogP contribution in [-0.4, -0.2) is 48.9 Å². The van der Waals surface area contributed by atoms with Crippen LogP contribution < -0.4 is 10.6 Å². The third-order valence-corrected chi connectivity index (χ3v) is 4.94. The topological polar surface area (TPSA) is 61.4 Å². The van der Waals surface area contributed by atoms with Crippen molar-refractivity contribution in [3.8, 4) is 0 Å². The summed E-state index contributed by atoms with van der Waals surface area (Å²) in [5.74, 6) is 1.17. The molecule has 2 rings (SSSR count). The SMILES string of the molecule is CC(C)C(=O)NC1CCN(C(=O)CCC2CCNCC2)CC1.Cl. The van der Waals surface area contributed by atoms with Crippen molar-refractivity contribution in [3.05, 3.63) is 0 Å². The van der Waals surface area contributed by atoms with Crippen LogP contribution in [0.5, 0.6) is 0 Å². The van der Waals surface area contributed by atoms with Crippen LogP contribution in [0.25, 0.3) is 0 Å². The molecule has 2 fully saturated rings. The molecule has 2 N–H and O–H groups in total. The Hall–Kier alpha value is -0.810. The second kappa shape index (κ2) is 10.1. The van der Waals surface area contributed by atoms with Crippen molar-refractivity contribution in [2.45, 2.75) is 58.4 Å². The van der Waals surface area contributed by atoms with E-state index >= 15 is 0 Å². The lowest BCUT2D eigenvalue weighted by atomic mass is 9.93. The molecule has 0 bridgehead atoms. The number of nitrogens with one attached hydrogen (secondary N) is 2. The number of hydrogen-bond donors (Lipinski definition) is 2. The molecular formula is C17H32ClN3O2. The van der Waals surface area contributed by atoms with Gasteiger partial charge in [-0.1, -0.05) is 13.8 Å². The predicted octanol–water partition coefficient (Wildman–Crippen LogP) is 1.95. The number of nitrogens with zero attached hydrogens (tertiary/aromatic N) is 1. The highest BCUT2D eigenvalue weighted by molar-refractivity contribution is 5.85. The van der Waals surface area contributed by atoms with Crippen molar-refractivity contribution in [1.29, 1.82) is 0 Å². The van der Waals surface area contributed by atoms with Gasteiger partial charge < -0.3 is 15.5 Å². The Bertz CT molecular complexity index is 376. The van der Waals surface area contributed by atoms with E-state index < -0.39 is 0 Å². The maximum atomic E-state index is 12.3. The van der Waals surface area contributed by atoms with Crippen molar-refractivity contribution in [2.75, 3.05) is 26.2 Å². The van der Waals surface area contributed by atoms with Crippen LogP contribution in [0.4, 0.5) is 0 Å². The number of likely N-dealkylation sites (tertiary alicyclic amines) is 1. The number of piperidine rings is 2. The molecule has 2 aliphatic heterocycles. The molecule has 23 heavy (non-hydrogen) atoms. The first kappa shape index (κ1) is 20.2. The van der Waals surface area contributed by atoms with Crippen molar-refractivity contribution < 1.29 is 9.59 Å². The Morgan fingerprint density at radius 1 is 1.13 bits per heavy atom. The quantitative estimate of drug-likeness (QED) is 0.800. The molecule has 0 saturated carbocycles. The monoisotopic (exact) mass is 345 g/mol. The highest BCUT2D eigenvalue weighted by Gasteiger charge is 2.25. The van der Waals surface area contributed by atoms with Gasteiger partial charge in [-0.3, -0.25) is 9.59 Å². The van der Waals surface area contributed by atoms with Gasteiger partial charge in [0.05, 0.1) is 0 Å². The van der Waals surface area contributed by atoms with E-state index in [9.17, 15) is 9.59 Å². The molecule has 0 spiro atoms. The van der Waals surface area contributed by atoms with Crippen LogP contribution in [0, 0.1) is 11.8 Å². The Labute approximate surface area is 146 Å². The lowest BCUT2D eigenvalue weighted by Crippen LogP contribution is -2.47.